The molecule has 4 atom stereocenters. The van der Waals surface area contributed by atoms with E-state index >= 15 is 0 Å². The first-order chi connectivity index (χ1) is 28.9. The third-order valence-corrected chi connectivity index (χ3v) is 13.1. The summed E-state index contributed by atoms with van der Waals surface area (Å²) < 4.78 is 56.1. The highest BCUT2D eigenvalue weighted by Crippen LogP contribution is 2.42. The average molecular weight is 860 g/mol. The van der Waals surface area contributed by atoms with Crippen molar-refractivity contribution in [3.63, 3.8) is 0 Å². The second kappa shape index (κ2) is 16.6. The Kier molecular flexibility index (Phi) is 11.7. The Morgan fingerprint density at radius 3 is 2.49 bits per heavy atom. The number of methoxy groups -OCH3 is 1. The molecule has 1 aromatic heterocycles. The number of amides is 4. The van der Waals surface area contributed by atoms with E-state index in [1.54, 1.807) is 34.0 Å². The van der Waals surface area contributed by atoms with Crippen molar-refractivity contribution in [1.82, 2.24) is 25.2 Å². The number of nitrogens with zero attached hydrogens (tertiary/aromatic N) is 2. The van der Waals surface area contributed by atoms with Gasteiger partial charge in [0, 0.05) is 28.8 Å². The third-order valence-electron chi connectivity index (χ3n) is 11.3. The van der Waals surface area contributed by atoms with Crippen molar-refractivity contribution in [2.24, 2.45) is 16.7 Å². The lowest BCUT2D eigenvalue weighted by molar-refractivity contribution is -0.143. The molecule has 61 heavy (non-hydrogen) atoms. The van der Waals surface area contributed by atoms with Gasteiger partial charge in [-0.2, -0.15) is 0 Å². The van der Waals surface area contributed by atoms with E-state index in [2.05, 4.69) is 21.9 Å². The summed E-state index contributed by atoms with van der Waals surface area (Å²) in [5, 5.41) is 5.69. The number of likely N-dealkylation sites (tertiary alicyclic amines) is 1. The van der Waals surface area contributed by atoms with Gasteiger partial charge in [0.1, 0.15) is 35.5 Å². The Labute approximate surface area is 355 Å². The number of sulfonamides is 1. The Hall–Kier alpha value is -5.84. The number of nitrogens with one attached hydrogen (secondary N) is 3. The molecule has 7 rings (SSSR count). The summed E-state index contributed by atoms with van der Waals surface area (Å²) in [6.45, 7) is 13.4. The van der Waals surface area contributed by atoms with Crippen LogP contribution in [-0.4, -0.2) is 98.7 Å². The van der Waals surface area contributed by atoms with Crippen LogP contribution in [0.15, 0.2) is 67.3 Å². The van der Waals surface area contributed by atoms with Crippen LogP contribution < -0.4 is 34.3 Å². The number of alkyl carbamates (subject to hydrolysis) is 1. The van der Waals surface area contributed by atoms with Gasteiger partial charge in [-0.1, -0.05) is 65.0 Å². The first-order valence-corrected chi connectivity index (χ1v) is 21.8. The molecule has 0 radical (unpaired) electrons. The average Bonchev–Trinajstić information content (AvgIpc) is 3.77. The maximum absolute atomic E-state index is 14.2. The summed E-state index contributed by atoms with van der Waals surface area (Å²) in [5.41, 5.74) is -0.921. The number of fused-ring (bicyclic) bond motifs is 3. The minimum Gasteiger partial charge on any atom is -0.493 e. The fraction of sp³-hybridized carbons (Fsp3) is 0.477. The molecule has 1 unspecified atom stereocenters. The third kappa shape index (κ3) is 8.97. The van der Waals surface area contributed by atoms with Gasteiger partial charge < -0.3 is 39.2 Å². The Morgan fingerprint density at radius 1 is 1.05 bits per heavy atom. The monoisotopic (exact) mass is 859 g/mol. The summed E-state index contributed by atoms with van der Waals surface area (Å²) in [4.78, 5) is 61.0. The number of carbonyl (C=O) groups excluding carboxylic acids is 4. The lowest BCUT2D eigenvalue weighted by Gasteiger charge is -2.42. The van der Waals surface area contributed by atoms with E-state index in [1.165, 1.54) is 17.1 Å². The zero-order valence-electron chi connectivity index (χ0n) is 35.2. The number of carbonyl (C=O) groups is 4. The summed E-state index contributed by atoms with van der Waals surface area (Å²) in [6.07, 6.45) is 5.43. The highest BCUT2D eigenvalue weighted by atomic mass is 32.2. The summed E-state index contributed by atoms with van der Waals surface area (Å²) in [7, 11) is -2.35. The molecule has 0 bridgehead atoms. The Morgan fingerprint density at radius 2 is 1.82 bits per heavy atom. The molecule has 17 heteroatoms. The number of ether oxygens (including phenoxy) is 5. The molecule has 4 amide bonds. The number of hydrogen-bond donors (Lipinski definition) is 3. The fourth-order valence-electron chi connectivity index (χ4n) is 7.59. The highest BCUT2D eigenvalue weighted by Gasteiger charge is 2.52. The van der Waals surface area contributed by atoms with E-state index in [1.807, 2.05) is 56.3 Å². The maximum atomic E-state index is 14.2. The van der Waals surface area contributed by atoms with Crippen LogP contribution in [-0.2, 0) is 29.1 Å². The lowest BCUT2D eigenvalue weighted by atomic mass is 9.73. The van der Waals surface area contributed by atoms with Crippen LogP contribution in [0.4, 0.5) is 4.79 Å². The molecule has 3 aromatic rings. The molecule has 326 valence electrons. The standard InChI is InChI=1S/C44H53N5O11S/c1-8-28-18-19-44(28,40(52)48-61(54,55)30-15-16-30)47-37(50)32-13-10-20-49(32)39(51)36(42(2,3)4)46-41(53)58-24-43(5,6)23-57-29-12-9-11-26(21-29)31-22-27-14-17-33-35(60-25-59-33)34(27)45-38(31)56-7/h8-9,11-12,14,17-19,21-22,28,30,32,36H,1,10,13,15-16,20,23-25H2,2-7H3,(H,46,53)(H,47,50)(H,48,52)/t28?,32-,36+,44+/m0/s1. The highest BCUT2D eigenvalue weighted by molar-refractivity contribution is 7.91. The van der Waals surface area contributed by atoms with Crippen LogP contribution in [0.3, 0.4) is 0 Å². The molecular formula is C44H53N5O11S. The molecule has 4 aliphatic rings. The van der Waals surface area contributed by atoms with Crippen molar-refractivity contribution in [3.8, 4) is 34.3 Å². The largest absolute Gasteiger partial charge is 0.493 e. The zero-order valence-corrected chi connectivity index (χ0v) is 36.1. The van der Waals surface area contributed by atoms with Crippen LogP contribution in [0.25, 0.3) is 22.0 Å². The van der Waals surface area contributed by atoms with E-state index in [9.17, 15) is 27.6 Å². The van der Waals surface area contributed by atoms with Crippen molar-refractivity contribution in [1.29, 1.82) is 0 Å². The van der Waals surface area contributed by atoms with Crippen molar-refractivity contribution >= 4 is 44.7 Å². The van der Waals surface area contributed by atoms with Crippen LogP contribution in [0.5, 0.6) is 23.1 Å². The van der Waals surface area contributed by atoms with Crippen LogP contribution >= 0.6 is 0 Å². The van der Waals surface area contributed by atoms with Gasteiger partial charge in [0.15, 0.2) is 11.5 Å². The molecule has 2 aliphatic carbocycles. The summed E-state index contributed by atoms with van der Waals surface area (Å²) in [5.74, 6) is -0.473. The molecule has 3 heterocycles. The predicted octanol–water partition coefficient (Wildman–Crippen LogP) is 5.01. The van der Waals surface area contributed by atoms with Crippen molar-refractivity contribution in [2.45, 2.75) is 83.2 Å². The second-order valence-corrected chi connectivity index (χ2v) is 19.7. The summed E-state index contributed by atoms with van der Waals surface area (Å²) in [6, 6.07) is 11.2. The van der Waals surface area contributed by atoms with Crippen LogP contribution in [0, 0.1) is 16.7 Å². The molecule has 2 aromatic carbocycles. The maximum Gasteiger partial charge on any atom is 0.407 e. The zero-order chi connectivity index (χ0) is 43.9. The minimum atomic E-state index is -3.90. The number of rotatable bonds is 15. The van der Waals surface area contributed by atoms with E-state index in [0.29, 0.717) is 54.3 Å². The van der Waals surface area contributed by atoms with Gasteiger partial charge in [-0.3, -0.25) is 19.1 Å². The van der Waals surface area contributed by atoms with Gasteiger partial charge in [0.2, 0.25) is 34.5 Å². The smallest absolute Gasteiger partial charge is 0.407 e. The van der Waals surface area contributed by atoms with Crippen molar-refractivity contribution in [2.75, 3.05) is 33.7 Å². The van der Waals surface area contributed by atoms with Crippen LogP contribution in [0.1, 0.15) is 60.3 Å². The number of hydrogen-bond acceptors (Lipinski definition) is 12. The predicted molar refractivity (Wildman–Crippen MR) is 225 cm³/mol. The van der Waals surface area contributed by atoms with Gasteiger partial charge in [0.25, 0.3) is 5.91 Å². The van der Waals surface area contributed by atoms with Crippen molar-refractivity contribution in [3.05, 3.63) is 67.3 Å². The molecule has 3 N–H and O–H groups in total. The molecule has 1 saturated heterocycles. The molecule has 2 aliphatic heterocycles. The van der Waals surface area contributed by atoms with Gasteiger partial charge >= 0.3 is 6.09 Å². The number of aromatic nitrogens is 1. The van der Waals surface area contributed by atoms with E-state index in [4.69, 9.17) is 28.7 Å². The number of benzene rings is 2. The van der Waals surface area contributed by atoms with Gasteiger partial charge in [-0.15, -0.1) is 6.58 Å². The van der Waals surface area contributed by atoms with E-state index in [0.717, 1.165) is 16.5 Å². The molecular weight excluding hydrogens is 807 g/mol. The first-order valence-electron chi connectivity index (χ1n) is 20.3. The molecule has 0 spiro atoms. The lowest BCUT2D eigenvalue weighted by Crippen LogP contribution is -2.67. The fourth-order valence-corrected chi connectivity index (χ4v) is 8.94. The van der Waals surface area contributed by atoms with Crippen LogP contribution in [0.2, 0.25) is 0 Å². The van der Waals surface area contributed by atoms with E-state index < -0.39 is 73.5 Å². The summed E-state index contributed by atoms with van der Waals surface area (Å²) >= 11 is 0. The topological polar surface area (TPSA) is 201 Å². The molecule has 16 nitrogen and oxygen atoms in total. The first kappa shape index (κ1) is 43.3. The molecule has 1 saturated carbocycles. The minimum absolute atomic E-state index is 0.0462. The Balaban J connectivity index is 0.964. The quantitative estimate of drug-likeness (QED) is 0.173. The SMILES string of the molecule is C=CC1C=C[C@]1(NC(=O)[C@@H]1CCCN1C(=O)[C@@H](NC(=O)OCC(C)(C)COc1cccc(-c2cc3ccc4c(c3nc2OC)OCO4)c1)C(C)(C)C)C(=O)NS(=O)(=O)C1CC1. The number of pyridine rings is 1. The van der Waals surface area contributed by atoms with Gasteiger partial charge in [-0.05, 0) is 67.0 Å². The second-order valence-electron chi connectivity index (χ2n) is 17.8. The van der Waals surface area contributed by atoms with Gasteiger partial charge in [0.05, 0.1) is 19.0 Å². The molecule has 2 fully saturated rings. The van der Waals surface area contributed by atoms with Gasteiger partial charge in [-0.25, -0.2) is 18.2 Å². The Bertz CT molecular complexity index is 2390. The normalized spacial score (nSPS) is 21.2. The van der Waals surface area contributed by atoms with E-state index in [-0.39, 0.29) is 26.6 Å². The van der Waals surface area contributed by atoms with Crippen molar-refractivity contribution < 1.29 is 51.3 Å².